The molecule has 0 aliphatic heterocycles. The van der Waals surface area contributed by atoms with Gasteiger partial charge in [-0.15, -0.1) is 12.4 Å². The summed E-state index contributed by atoms with van der Waals surface area (Å²) in [5.41, 5.74) is 2.31. The summed E-state index contributed by atoms with van der Waals surface area (Å²) in [4.78, 5) is 11.3. The number of hydrogen-bond donors (Lipinski definition) is 0. The van der Waals surface area contributed by atoms with Crippen molar-refractivity contribution in [3.05, 3.63) is 58.5 Å². The van der Waals surface area contributed by atoms with Gasteiger partial charge in [0, 0.05) is 18.8 Å². The van der Waals surface area contributed by atoms with Gasteiger partial charge in [0.1, 0.15) is 10.0 Å². The standard InChI is InChI=1S/C17H16ClN3O3S.ClH/c1-11-14(10-22)9-21(15(11)13-7-5-4-6-8-13)25(23,24)16-12(2)19-20(3)17(16)18;/h4-10H,1-3H3;1H. The first-order valence-electron chi connectivity index (χ1n) is 7.46. The Kier molecular flexibility index (Phi) is 5.65. The number of aryl methyl sites for hydroxylation is 2. The molecule has 0 aliphatic carbocycles. The summed E-state index contributed by atoms with van der Waals surface area (Å²) >= 11 is 6.17. The SMILES string of the molecule is Cc1nn(C)c(Cl)c1S(=O)(=O)n1cc(C=O)c(C)c1-c1ccccc1.Cl. The maximum absolute atomic E-state index is 13.3. The molecule has 0 unspecified atom stereocenters. The van der Waals surface area contributed by atoms with Gasteiger partial charge in [0.25, 0.3) is 10.0 Å². The highest BCUT2D eigenvalue weighted by Gasteiger charge is 2.30. The minimum Gasteiger partial charge on any atom is -0.298 e. The second-order valence-electron chi connectivity index (χ2n) is 5.67. The number of halogens is 2. The maximum Gasteiger partial charge on any atom is 0.273 e. The van der Waals surface area contributed by atoms with E-state index in [0.717, 1.165) is 3.97 Å². The molecule has 138 valence electrons. The van der Waals surface area contributed by atoms with Crippen LogP contribution in [-0.4, -0.2) is 28.5 Å². The summed E-state index contributed by atoms with van der Waals surface area (Å²) in [5.74, 6) is 0. The third-order valence-electron chi connectivity index (χ3n) is 4.06. The topological polar surface area (TPSA) is 74.0 Å². The Labute approximate surface area is 162 Å². The second kappa shape index (κ2) is 7.26. The molecule has 0 N–H and O–H groups in total. The van der Waals surface area contributed by atoms with Crippen LogP contribution >= 0.6 is 24.0 Å². The summed E-state index contributed by atoms with van der Waals surface area (Å²) in [6.45, 7) is 3.30. The smallest absolute Gasteiger partial charge is 0.273 e. The van der Waals surface area contributed by atoms with Crippen molar-refractivity contribution in [1.29, 1.82) is 0 Å². The lowest BCUT2D eigenvalue weighted by molar-refractivity contribution is 0.112. The van der Waals surface area contributed by atoms with Gasteiger partial charge < -0.3 is 0 Å². The third kappa shape index (κ3) is 3.06. The minimum atomic E-state index is -4.03. The van der Waals surface area contributed by atoms with Gasteiger partial charge in [-0.2, -0.15) is 5.10 Å². The zero-order valence-electron chi connectivity index (χ0n) is 14.3. The lowest BCUT2D eigenvalue weighted by atomic mass is 10.1. The van der Waals surface area contributed by atoms with Crippen LogP contribution in [0.25, 0.3) is 11.3 Å². The average Bonchev–Trinajstić information content (AvgIpc) is 3.05. The van der Waals surface area contributed by atoms with E-state index in [-0.39, 0.29) is 22.5 Å². The zero-order valence-corrected chi connectivity index (χ0v) is 16.7. The Hall–Kier alpha value is -2.09. The number of hydrogen-bond acceptors (Lipinski definition) is 4. The Bertz CT molecular complexity index is 1070. The molecule has 3 aromatic rings. The summed E-state index contributed by atoms with van der Waals surface area (Å²) in [7, 11) is -2.45. The van der Waals surface area contributed by atoms with Gasteiger partial charge in [0.05, 0.1) is 11.4 Å². The lowest BCUT2D eigenvalue weighted by Crippen LogP contribution is -2.14. The number of carbonyl (C=O) groups excluding carboxylic acids is 1. The van der Waals surface area contributed by atoms with Crippen LogP contribution in [0.15, 0.2) is 41.4 Å². The van der Waals surface area contributed by atoms with Crippen molar-refractivity contribution in [3.63, 3.8) is 0 Å². The summed E-state index contributed by atoms with van der Waals surface area (Å²) < 4.78 is 29.0. The van der Waals surface area contributed by atoms with Crippen molar-refractivity contribution in [2.75, 3.05) is 0 Å². The van der Waals surface area contributed by atoms with Gasteiger partial charge in [-0.1, -0.05) is 41.9 Å². The second-order valence-corrected chi connectivity index (χ2v) is 7.78. The normalized spacial score (nSPS) is 11.2. The molecule has 0 saturated carbocycles. The van der Waals surface area contributed by atoms with Crippen LogP contribution in [0.2, 0.25) is 5.15 Å². The lowest BCUT2D eigenvalue weighted by Gasteiger charge is -2.11. The number of benzene rings is 1. The van der Waals surface area contributed by atoms with Gasteiger partial charge >= 0.3 is 0 Å². The fourth-order valence-electron chi connectivity index (χ4n) is 2.84. The van der Waals surface area contributed by atoms with Crippen LogP contribution in [0.3, 0.4) is 0 Å². The molecule has 0 amide bonds. The maximum atomic E-state index is 13.3. The summed E-state index contributed by atoms with van der Waals surface area (Å²) in [6, 6.07) is 9.04. The molecule has 0 radical (unpaired) electrons. The quantitative estimate of drug-likeness (QED) is 0.611. The summed E-state index contributed by atoms with van der Waals surface area (Å²) in [5, 5.41) is 4.10. The zero-order chi connectivity index (χ0) is 18.4. The number of rotatable bonds is 4. The van der Waals surface area contributed by atoms with Crippen LogP contribution in [0, 0.1) is 13.8 Å². The van der Waals surface area contributed by atoms with Crippen LogP contribution < -0.4 is 0 Å². The van der Waals surface area contributed by atoms with E-state index in [0.29, 0.717) is 34.4 Å². The molecule has 9 heteroatoms. The molecule has 1 aromatic carbocycles. The first-order chi connectivity index (χ1) is 11.8. The molecule has 0 spiro atoms. The monoisotopic (exact) mass is 413 g/mol. The molecule has 0 atom stereocenters. The van der Waals surface area contributed by atoms with Crippen LogP contribution in [0.1, 0.15) is 21.6 Å². The van der Waals surface area contributed by atoms with E-state index in [2.05, 4.69) is 5.10 Å². The number of carbonyl (C=O) groups is 1. The molecule has 26 heavy (non-hydrogen) atoms. The molecule has 0 bridgehead atoms. The highest BCUT2D eigenvalue weighted by molar-refractivity contribution is 7.90. The third-order valence-corrected chi connectivity index (χ3v) is 6.41. The van der Waals surface area contributed by atoms with E-state index in [9.17, 15) is 13.2 Å². The van der Waals surface area contributed by atoms with E-state index in [1.165, 1.54) is 10.9 Å². The largest absolute Gasteiger partial charge is 0.298 e. The van der Waals surface area contributed by atoms with E-state index in [1.54, 1.807) is 33.0 Å². The van der Waals surface area contributed by atoms with E-state index in [4.69, 9.17) is 11.6 Å². The molecule has 2 aromatic heterocycles. The average molecular weight is 414 g/mol. The predicted octanol–water partition coefficient (Wildman–Crippen LogP) is 3.63. The minimum absolute atomic E-state index is 0. The predicted molar refractivity (Wildman–Crippen MR) is 103 cm³/mol. The van der Waals surface area contributed by atoms with Crippen molar-refractivity contribution in [2.45, 2.75) is 18.7 Å². The molecule has 0 saturated heterocycles. The fraction of sp³-hybridized carbons (Fsp3) is 0.176. The van der Waals surface area contributed by atoms with E-state index < -0.39 is 10.0 Å². The van der Waals surface area contributed by atoms with Gasteiger partial charge in [0.15, 0.2) is 6.29 Å². The highest BCUT2D eigenvalue weighted by atomic mass is 35.5. The summed E-state index contributed by atoms with van der Waals surface area (Å²) in [6.07, 6.45) is 1.97. The van der Waals surface area contributed by atoms with E-state index >= 15 is 0 Å². The van der Waals surface area contributed by atoms with Gasteiger partial charge in [0.2, 0.25) is 0 Å². The molecule has 0 aliphatic rings. The molecular formula is C17H17Cl2N3O3S. The van der Waals surface area contributed by atoms with Crippen molar-refractivity contribution in [2.24, 2.45) is 7.05 Å². The fourth-order valence-corrected chi connectivity index (χ4v) is 5.00. The van der Waals surface area contributed by atoms with E-state index in [1.807, 2.05) is 18.2 Å². The Morgan fingerprint density at radius 2 is 1.77 bits per heavy atom. The van der Waals surface area contributed by atoms with Crippen LogP contribution in [0.5, 0.6) is 0 Å². The number of aldehydes is 1. The number of aromatic nitrogens is 3. The van der Waals surface area contributed by atoms with Gasteiger partial charge in [-0.3, -0.25) is 9.48 Å². The Morgan fingerprint density at radius 1 is 1.15 bits per heavy atom. The van der Waals surface area contributed by atoms with Crippen molar-refractivity contribution in [3.8, 4) is 11.3 Å². The first kappa shape index (κ1) is 20.2. The molecular weight excluding hydrogens is 397 g/mol. The van der Waals surface area contributed by atoms with Crippen LogP contribution in [0.4, 0.5) is 0 Å². The van der Waals surface area contributed by atoms with Crippen molar-refractivity contribution >= 4 is 40.3 Å². The Morgan fingerprint density at radius 3 is 2.27 bits per heavy atom. The van der Waals surface area contributed by atoms with Crippen molar-refractivity contribution in [1.82, 2.24) is 13.8 Å². The van der Waals surface area contributed by atoms with Gasteiger partial charge in [-0.05, 0) is 25.0 Å². The first-order valence-corrected chi connectivity index (χ1v) is 9.28. The molecule has 2 heterocycles. The molecule has 3 rings (SSSR count). The molecule has 0 fully saturated rings. The van der Waals surface area contributed by atoms with Crippen molar-refractivity contribution < 1.29 is 13.2 Å². The number of nitrogens with zero attached hydrogens (tertiary/aromatic N) is 3. The van der Waals surface area contributed by atoms with Crippen LogP contribution in [-0.2, 0) is 17.1 Å². The Balaban J connectivity index is 0.00000243. The highest BCUT2D eigenvalue weighted by Crippen LogP contribution is 2.33. The van der Waals surface area contributed by atoms with Gasteiger partial charge in [-0.25, -0.2) is 12.4 Å². The molecule has 6 nitrogen and oxygen atoms in total.